The molecule has 0 aliphatic rings. The van der Waals surface area contributed by atoms with Crippen LogP contribution in [0.1, 0.15) is 20.3 Å². The number of thioether (sulfide) groups is 1. The third-order valence-corrected chi connectivity index (χ3v) is 3.53. The lowest BCUT2D eigenvalue weighted by Gasteiger charge is -2.09. The molecule has 0 aromatic heterocycles. The number of rotatable bonds is 8. The summed E-state index contributed by atoms with van der Waals surface area (Å²) in [5, 5.41) is 0. The van der Waals surface area contributed by atoms with Gasteiger partial charge in [-0.15, -0.1) is 11.8 Å². The minimum atomic E-state index is 0.704. The van der Waals surface area contributed by atoms with Crippen LogP contribution in [0.5, 0.6) is 5.75 Å². The summed E-state index contributed by atoms with van der Waals surface area (Å²) >= 11 is 1.73. The zero-order chi connectivity index (χ0) is 13.4. The molecular formula is C14H23NO2S. The van der Waals surface area contributed by atoms with E-state index in [0.29, 0.717) is 5.92 Å². The predicted molar refractivity (Wildman–Crippen MR) is 78.4 cm³/mol. The topological polar surface area (TPSA) is 44.5 Å². The van der Waals surface area contributed by atoms with Gasteiger partial charge in [0, 0.05) is 29.0 Å². The van der Waals surface area contributed by atoms with Crippen LogP contribution in [0.25, 0.3) is 0 Å². The molecule has 0 bridgehead atoms. The third kappa shape index (κ3) is 5.65. The number of benzene rings is 1. The van der Waals surface area contributed by atoms with Crippen LogP contribution in [0.2, 0.25) is 0 Å². The average Bonchev–Trinajstić information content (AvgIpc) is 2.34. The molecule has 0 unspecified atom stereocenters. The van der Waals surface area contributed by atoms with E-state index >= 15 is 0 Å². The maximum Gasteiger partial charge on any atom is 0.134 e. The van der Waals surface area contributed by atoms with Crippen LogP contribution in [0.3, 0.4) is 0 Å². The van der Waals surface area contributed by atoms with Gasteiger partial charge in [-0.25, -0.2) is 0 Å². The first kappa shape index (κ1) is 15.2. The van der Waals surface area contributed by atoms with Crippen molar-refractivity contribution in [2.24, 2.45) is 5.92 Å². The zero-order valence-electron chi connectivity index (χ0n) is 11.4. The molecule has 0 saturated heterocycles. The summed E-state index contributed by atoms with van der Waals surface area (Å²) in [5.74, 6) is 2.47. The van der Waals surface area contributed by atoms with E-state index in [-0.39, 0.29) is 0 Å². The Morgan fingerprint density at radius 1 is 1.28 bits per heavy atom. The molecule has 0 fully saturated rings. The second-order valence-corrected chi connectivity index (χ2v) is 5.69. The predicted octanol–water partition coefficient (Wildman–Crippen LogP) is 3.43. The van der Waals surface area contributed by atoms with Crippen molar-refractivity contribution >= 4 is 17.4 Å². The van der Waals surface area contributed by atoms with E-state index in [1.807, 2.05) is 18.2 Å². The second-order valence-electron chi connectivity index (χ2n) is 4.55. The van der Waals surface area contributed by atoms with E-state index in [2.05, 4.69) is 13.8 Å². The lowest BCUT2D eigenvalue weighted by molar-refractivity contribution is 0.138. The number of nitrogen functional groups attached to an aromatic ring is 1. The first-order valence-corrected chi connectivity index (χ1v) is 7.26. The van der Waals surface area contributed by atoms with Crippen molar-refractivity contribution in [3.05, 3.63) is 18.2 Å². The molecule has 2 N–H and O–H groups in total. The highest BCUT2D eigenvalue weighted by Gasteiger charge is 2.03. The van der Waals surface area contributed by atoms with E-state index in [1.165, 1.54) is 0 Å². The minimum Gasteiger partial charge on any atom is -0.496 e. The highest BCUT2D eigenvalue weighted by molar-refractivity contribution is 7.99. The fourth-order valence-corrected chi connectivity index (χ4v) is 2.30. The second kappa shape index (κ2) is 8.27. The highest BCUT2D eigenvalue weighted by Crippen LogP contribution is 2.30. The van der Waals surface area contributed by atoms with Gasteiger partial charge >= 0.3 is 0 Å². The van der Waals surface area contributed by atoms with Gasteiger partial charge in [-0.3, -0.25) is 0 Å². The molecule has 0 atom stereocenters. The summed E-state index contributed by atoms with van der Waals surface area (Å²) in [6.07, 6.45) is 1.12. The van der Waals surface area contributed by atoms with Crippen molar-refractivity contribution in [1.29, 1.82) is 0 Å². The molecule has 1 aromatic rings. The number of anilines is 1. The average molecular weight is 269 g/mol. The Labute approximate surface area is 114 Å². The molecule has 102 valence electrons. The summed E-state index contributed by atoms with van der Waals surface area (Å²) in [6.45, 7) is 6.02. The molecular weight excluding hydrogens is 246 g/mol. The SMILES string of the molecule is COc1cc(N)ccc1SCCOCCC(C)C. The van der Waals surface area contributed by atoms with Crippen molar-refractivity contribution in [2.75, 3.05) is 31.8 Å². The van der Waals surface area contributed by atoms with Crippen LogP contribution < -0.4 is 10.5 Å². The van der Waals surface area contributed by atoms with Gasteiger partial charge in [-0.05, 0) is 24.5 Å². The molecule has 0 aliphatic carbocycles. The quantitative estimate of drug-likeness (QED) is 0.446. The summed E-state index contributed by atoms with van der Waals surface area (Å²) in [7, 11) is 1.66. The maximum atomic E-state index is 5.71. The minimum absolute atomic E-state index is 0.704. The van der Waals surface area contributed by atoms with Crippen molar-refractivity contribution < 1.29 is 9.47 Å². The molecule has 1 aromatic carbocycles. The van der Waals surface area contributed by atoms with Crippen molar-refractivity contribution in [3.8, 4) is 5.75 Å². The van der Waals surface area contributed by atoms with Crippen LogP contribution in [0, 0.1) is 5.92 Å². The summed E-state index contributed by atoms with van der Waals surface area (Å²) in [5.41, 5.74) is 6.44. The summed E-state index contributed by atoms with van der Waals surface area (Å²) < 4.78 is 10.9. The van der Waals surface area contributed by atoms with Crippen LogP contribution in [0.4, 0.5) is 5.69 Å². The zero-order valence-corrected chi connectivity index (χ0v) is 12.3. The first-order valence-electron chi connectivity index (χ1n) is 6.27. The number of ether oxygens (including phenoxy) is 2. The van der Waals surface area contributed by atoms with Gasteiger partial charge in [0.05, 0.1) is 13.7 Å². The van der Waals surface area contributed by atoms with Gasteiger partial charge < -0.3 is 15.2 Å². The van der Waals surface area contributed by atoms with E-state index in [9.17, 15) is 0 Å². The normalized spacial score (nSPS) is 10.9. The highest BCUT2D eigenvalue weighted by atomic mass is 32.2. The first-order chi connectivity index (χ1) is 8.63. The van der Waals surface area contributed by atoms with E-state index in [0.717, 1.165) is 41.7 Å². The van der Waals surface area contributed by atoms with Crippen molar-refractivity contribution in [3.63, 3.8) is 0 Å². The lowest BCUT2D eigenvalue weighted by atomic mass is 10.1. The van der Waals surface area contributed by atoms with Gasteiger partial charge in [0.1, 0.15) is 5.75 Å². The monoisotopic (exact) mass is 269 g/mol. The molecule has 0 amide bonds. The van der Waals surface area contributed by atoms with Crippen molar-refractivity contribution in [1.82, 2.24) is 0 Å². The summed E-state index contributed by atoms with van der Waals surface area (Å²) in [4.78, 5) is 1.11. The van der Waals surface area contributed by atoms with Gasteiger partial charge in [-0.1, -0.05) is 13.8 Å². The van der Waals surface area contributed by atoms with Crippen LogP contribution in [-0.2, 0) is 4.74 Å². The Morgan fingerprint density at radius 2 is 2.06 bits per heavy atom. The van der Waals surface area contributed by atoms with Crippen LogP contribution in [-0.4, -0.2) is 26.1 Å². The smallest absolute Gasteiger partial charge is 0.134 e. The molecule has 1 rings (SSSR count). The Morgan fingerprint density at radius 3 is 2.72 bits per heavy atom. The number of hydrogen-bond acceptors (Lipinski definition) is 4. The Bertz CT molecular complexity index is 356. The standard InChI is InChI=1S/C14H23NO2S/c1-11(2)6-7-17-8-9-18-14-5-4-12(15)10-13(14)16-3/h4-5,10-11H,6-9,15H2,1-3H3. The third-order valence-electron chi connectivity index (χ3n) is 2.51. The Balaban J connectivity index is 2.27. The molecule has 0 heterocycles. The lowest BCUT2D eigenvalue weighted by Crippen LogP contribution is -2.02. The van der Waals surface area contributed by atoms with E-state index in [1.54, 1.807) is 18.9 Å². The van der Waals surface area contributed by atoms with Gasteiger partial charge in [0.25, 0.3) is 0 Å². The molecule has 4 heteroatoms. The van der Waals surface area contributed by atoms with E-state index in [4.69, 9.17) is 15.2 Å². The molecule has 18 heavy (non-hydrogen) atoms. The Hall–Kier alpha value is -0.870. The number of methoxy groups -OCH3 is 1. The molecule has 0 aliphatic heterocycles. The number of hydrogen-bond donors (Lipinski definition) is 1. The van der Waals surface area contributed by atoms with Gasteiger partial charge in [-0.2, -0.15) is 0 Å². The maximum absolute atomic E-state index is 5.71. The van der Waals surface area contributed by atoms with Crippen LogP contribution >= 0.6 is 11.8 Å². The van der Waals surface area contributed by atoms with Crippen molar-refractivity contribution in [2.45, 2.75) is 25.2 Å². The molecule has 0 spiro atoms. The molecule has 3 nitrogen and oxygen atoms in total. The van der Waals surface area contributed by atoms with E-state index < -0.39 is 0 Å². The molecule has 0 saturated carbocycles. The van der Waals surface area contributed by atoms with Gasteiger partial charge in [0.2, 0.25) is 0 Å². The largest absolute Gasteiger partial charge is 0.496 e. The molecule has 0 radical (unpaired) electrons. The fourth-order valence-electron chi connectivity index (χ4n) is 1.44. The van der Waals surface area contributed by atoms with Crippen LogP contribution in [0.15, 0.2) is 23.1 Å². The Kier molecular flexibility index (Phi) is 6.98. The fraction of sp³-hybridized carbons (Fsp3) is 0.571. The van der Waals surface area contributed by atoms with Gasteiger partial charge in [0.15, 0.2) is 0 Å². The summed E-state index contributed by atoms with van der Waals surface area (Å²) in [6, 6.07) is 5.74. The number of nitrogens with two attached hydrogens (primary N) is 1.